The number of ether oxygens (including phenoxy) is 2. The predicted octanol–water partition coefficient (Wildman–Crippen LogP) is 1.42. The molecule has 1 atom stereocenters. The Balaban J connectivity index is 1.89. The van der Waals surface area contributed by atoms with Gasteiger partial charge in [-0.1, -0.05) is 0 Å². The average Bonchev–Trinajstić information content (AvgIpc) is 2.43. The molecule has 1 aromatic rings. The second-order valence-corrected chi connectivity index (χ2v) is 7.95. The van der Waals surface area contributed by atoms with Gasteiger partial charge < -0.3 is 15.2 Å². The first-order valence-electron chi connectivity index (χ1n) is 6.76. The Hall–Kier alpha value is -1.27. The Labute approximate surface area is 119 Å². The van der Waals surface area contributed by atoms with Crippen molar-refractivity contribution in [3.8, 4) is 11.5 Å². The van der Waals surface area contributed by atoms with Crippen LogP contribution in [0.15, 0.2) is 18.2 Å². The molecule has 0 aromatic heterocycles. The molecule has 0 radical (unpaired) electrons. The second kappa shape index (κ2) is 4.63. The first-order valence-corrected chi connectivity index (χ1v) is 8.58. The molecule has 0 aliphatic carbocycles. The van der Waals surface area contributed by atoms with Crippen molar-refractivity contribution in [2.75, 3.05) is 18.6 Å². The normalized spacial score (nSPS) is 26.6. The van der Waals surface area contributed by atoms with Crippen LogP contribution >= 0.6 is 0 Å². The van der Waals surface area contributed by atoms with E-state index in [2.05, 4.69) is 0 Å². The van der Waals surface area contributed by atoms with Gasteiger partial charge in [0.25, 0.3) is 0 Å². The van der Waals surface area contributed by atoms with Crippen molar-refractivity contribution in [2.24, 2.45) is 5.73 Å². The van der Waals surface area contributed by atoms with Crippen molar-refractivity contribution in [3.63, 3.8) is 0 Å². The maximum Gasteiger partial charge on any atom is 0.150 e. The van der Waals surface area contributed by atoms with Gasteiger partial charge in [0.2, 0.25) is 0 Å². The number of hydrogen-bond acceptors (Lipinski definition) is 5. The van der Waals surface area contributed by atoms with Crippen LogP contribution in [0.25, 0.3) is 0 Å². The predicted molar refractivity (Wildman–Crippen MR) is 75.8 cm³/mol. The molecule has 6 heteroatoms. The zero-order valence-corrected chi connectivity index (χ0v) is 12.3. The van der Waals surface area contributed by atoms with E-state index in [9.17, 15) is 8.42 Å². The van der Waals surface area contributed by atoms with Crippen molar-refractivity contribution in [3.05, 3.63) is 23.8 Å². The number of sulfone groups is 1. The fraction of sp³-hybridized carbons (Fsp3) is 0.571. The fourth-order valence-corrected chi connectivity index (χ4v) is 4.61. The summed E-state index contributed by atoms with van der Waals surface area (Å²) in [6, 6.07) is 5.45. The standard InChI is InChI=1S/C14H19NO4S/c1-18-10-2-3-13-11(8-10)12(15)9-14(19-13)4-6-20(16,17)7-5-14/h2-3,8,12H,4-7,9,15H2,1H3/t12-/m1/s1. The number of benzene rings is 1. The summed E-state index contributed by atoms with van der Waals surface area (Å²) in [6.45, 7) is 0. The SMILES string of the molecule is COc1ccc2c(c1)[C@H](N)CC1(CCS(=O)(=O)CC1)O2. The van der Waals surface area contributed by atoms with Gasteiger partial charge >= 0.3 is 0 Å². The van der Waals surface area contributed by atoms with Gasteiger partial charge in [-0.05, 0) is 18.2 Å². The van der Waals surface area contributed by atoms with E-state index in [-0.39, 0.29) is 17.5 Å². The van der Waals surface area contributed by atoms with Gasteiger partial charge in [-0.15, -0.1) is 0 Å². The van der Waals surface area contributed by atoms with E-state index in [1.807, 2.05) is 18.2 Å². The van der Waals surface area contributed by atoms with Crippen molar-refractivity contribution >= 4 is 9.84 Å². The molecular formula is C14H19NO4S. The van der Waals surface area contributed by atoms with Crippen molar-refractivity contribution < 1.29 is 17.9 Å². The van der Waals surface area contributed by atoms with E-state index in [0.29, 0.717) is 19.3 Å². The van der Waals surface area contributed by atoms with Crippen LogP contribution in [0.4, 0.5) is 0 Å². The molecule has 5 nitrogen and oxygen atoms in total. The van der Waals surface area contributed by atoms with Crippen molar-refractivity contribution in [2.45, 2.75) is 30.9 Å². The molecule has 2 heterocycles. The molecular weight excluding hydrogens is 278 g/mol. The largest absolute Gasteiger partial charge is 0.497 e. The van der Waals surface area contributed by atoms with E-state index in [4.69, 9.17) is 15.2 Å². The summed E-state index contributed by atoms with van der Waals surface area (Å²) in [4.78, 5) is 0. The third-order valence-electron chi connectivity index (χ3n) is 4.27. The Morgan fingerprint density at radius 1 is 1.35 bits per heavy atom. The molecule has 2 aliphatic heterocycles. The second-order valence-electron chi connectivity index (χ2n) is 5.65. The molecule has 0 saturated carbocycles. The minimum atomic E-state index is -2.90. The molecule has 2 N–H and O–H groups in total. The summed E-state index contributed by atoms with van der Waals surface area (Å²) in [5.41, 5.74) is 6.77. The molecule has 0 bridgehead atoms. The van der Waals surface area contributed by atoms with Gasteiger partial charge in [-0.3, -0.25) is 0 Å². The van der Waals surface area contributed by atoms with Gasteiger partial charge in [-0.2, -0.15) is 0 Å². The van der Waals surface area contributed by atoms with Crippen LogP contribution in [0.1, 0.15) is 30.9 Å². The lowest BCUT2D eigenvalue weighted by Crippen LogP contribution is -2.48. The van der Waals surface area contributed by atoms with Gasteiger partial charge in [0.15, 0.2) is 9.84 Å². The molecule has 1 aromatic carbocycles. The topological polar surface area (TPSA) is 78.6 Å². The van der Waals surface area contributed by atoms with Crippen LogP contribution in [0, 0.1) is 0 Å². The fourth-order valence-electron chi connectivity index (χ4n) is 3.04. The van der Waals surface area contributed by atoms with Crippen molar-refractivity contribution in [1.29, 1.82) is 0 Å². The number of rotatable bonds is 1. The van der Waals surface area contributed by atoms with Gasteiger partial charge in [-0.25, -0.2) is 8.42 Å². The summed E-state index contributed by atoms with van der Waals surface area (Å²) in [7, 11) is -1.29. The number of hydrogen-bond donors (Lipinski definition) is 1. The summed E-state index contributed by atoms with van der Waals surface area (Å²) >= 11 is 0. The Kier molecular flexibility index (Phi) is 3.17. The monoisotopic (exact) mass is 297 g/mol. The summed E-state index contributed by atoms with van der Waals surface area (Å²) in [6.07, 6.45) is 1.70. The molecule has 1 saturated heterocycles. The summed E-state index contributed by atoms with van der Waals surface area (Å²) in [5.74, 6) is 1.88. The minimum Gasteiger partial charge on any atom is -0.497 e. The maximum atomic E-state index is 11.6. The van der Waals surface area contributed by atoms with E-state index in [0.717, 1.165) is 17.1 Å². The zero-order chi connectivity index (χ0) is 14.4. The number of nitrogens with two attached hydrogens (primary N) is 1. The van der Waals surface area contributed by atoms with Crippen LogP contribution in [0.5, 0.6) is 11.5 Å². The van der Waals surface area contributed by atoms with E-state index >= 15 is 0 Å². The van der Waals surface area contributed by atoms with Gasteiger partial charge in [0, 0.05) is 30.9 Å². The van der Waals surface area contributed by atoms with Crippen molar-refractivity contribution in [1.82, 2.24) is 0 Å². The van der Waals surface area contributed by atoms with Crippen LogP contribution in [-0.2, 0) is 9.84 Å². The van der Waals surface area contributed by atoms with Crippen LogP contribution in [0.2, 0.25) is 0 Å². The third kappa shape index (κ3) is 2.38. The van der Waals surface area contributed by atoms with Gasteiger partial charge in [0.1, 0.15) is 17.1 Å². The molecule has 1 fully saturated rings. The summed E-state index contributed by atoms with van der Waals surface area (Å²) < 4.78 is 34.5. The van der Waals surface area contributed by atoms with Gasteiger partial charge in [0.05, 0.1) is 18.6 Å². The van der Waals surface area contributed by atoms with Crippen LogP contribution in [-0.4, -0.2) is 32.6 Å². The zero-order valence-electron chi connectivity index (χ0n) is 11.5. The molecule has 110 valence electrons. The minimum absolute atomic E-state index is 0.144. The highest BCUT2D eigenvalue weighted by Crippen LogP contribution is 2.44. The third-order valence-corrected chi connectivity index (χ3v) is 5.92. The lowest BCUT2D eigenvalue weighted by molar-refractivity contribution is 0.0263. The first-order chi connectivity index (χ1) is 9.43. The molecule has 0 unspecified atom stereocenters. The lowest BCUT2D eigenvalue weighted by atomic mass is 9.83. The highest BCUT2D eigenvalue weighted by atomic mass is 32.2. The number of fused-ring (bicyclic) bond motifs is 1. The van der Waals surface area contributed by atoms with Crippen LogP contribution < -0.4 is 15.2 Å². The molecule has 20 heavy (non-hydrogen) atoms. The smallest absolute Gasteiger partial charge is 0.150 e. The first kappa shape index (κ1) is 13.7. The van der Waals surface area contributed by atoms with E-state index < -0.39 is 15.4 Å². The quantitative estimate of drug-likeness (QED) is 0.848. The summed E-state index contributed by atoms with van der Waals surface area (Å²) in [5, 5.41) is 0. The molecule has 1 spiro atoms. The highest BCUT2D eigenvalue weighted by molar-refractivity contribution is 7.91. The maximum absolute atomic E-state index is 11.6. The Morgan fingerprint density at radius 2 is 2.05 bits per heavy atom. The average molecular weight is 297 g/mol. The molecule has 2 aliphatic rings. The highest BCUT2D eigenvalue weighted by Gasteiger charge is 2.44. The number of methoxy groups -OCH3 is 1. The Bertz CT molecular complexity index is 612. The van der Waals surface area contributed by atoms with E-state index in [1.165, 1.54) is 0 Å². The Morgan fingerprint density at radius 3 is 2.70 bits per heavy atom. The van der Waals surface area contributed by atoms with E-state index in [1.54, 1.807) is 7.11 Å². The lowest BCUT2D eigenvalue weighted by Gasteiger charge is -2.43. The molecule has 3 rings (SSSR count). The molecule has 0 amide bonds. The van der Waals surface area contributed by atoms with Crippen LogP contribution in [0.3, 0.4) is 0 Å².